The van der Waals surface area contributed by atoms with E-state index >= 15 is 0 Å². The maximum atomic E-state index is 10.8. The van der Waals surface area contributed by atoms with Gasteiger partial charge in [0.1, 0.15) is 5.75 Å². The molecule has 0 aliphatic carbocycles. The molecule has 0 radical (unpaired) electrons. The Morgan fingerprint density at radius 3 is 2.78 bits per heavy atom. The van der Waals surface area contributed by atoms with Gasteiger partial charge in [-0.1, -0.05) is 31.5 Å². The van der Waals surface area contributed by atoms with Crippen LogP contribution in [0.4, 0.5) is 11.4 Å². The Kier molecular flexibility index (Phi) is 6.96. The monoisotopic (exact) mass is 403 g/mol. The summed E-state index contributed by atoms with van der Waals surface area (Å²) in [7, 11) is 1.68. The number of aliphatic carboxylic acids is 1. The topological polar surface area (TPSA) is 49.8 Å². The Labute approximate surface area is 169 Å². The van der Waals surface area contributed by atoms with E-state index in [1.54, 1.807) is 7.11 Å². The lowest BCUT2D eigenvalue weighted by atomic mass is 10.1. The van der Waals surface area contributed by atoms with Gasteiger partial charge in [0.2, 0.25) is 0 Å². The third-order valence-corrected chi connectivity index (χ3v) is 6.94. The van der Waals surface area contributed by atoms with Gasteiger partial charge >= 0.3 is 5.97 Å². The molecule has 1 heterocycles. The molecule has 1 N–H and O–H groups in total. The first-order chi connectivity index (χ1) is 13.1. The number of carboxylic acid groups (broad SMARTS) is 1. The Bertz CT molecular complexity index is 782. The van der Waals surface area contributed by atoms with E-state index in [4.69, 9.17) is 9.84 Å². The van der Waals surface area contributed by atoms with Crippen LogP contribution in [-0.2, 0) is 10.5 Å². The number of anilines is 2. The SMILES string of the molecule is CCC1CSc2cc(CSCC(=O)O)c(OC)cc2N(c2ccccc2)C1. The second-order valence-corrected chi connectivity index (χ2v) is 8.60. The fourth-order valence-electron chi connectivity index (χ4n) is 3.19. The highest BCUT2D eigenvalue weighted by Crippen LogP contribution is 2.43. The number of ether oxygens (including phenoxy) is 1. The standard InChI is InChI=1S/C21H25NO3S2/c1-3-15-11-22(17-7-5-4-6-8-17)18-10-19(25-2)16(9-20(18)27-12-15)13-26-14-21(23)24/h4-10,15H,3,11-14H2,1-2H3,(H,23,24). The molecule has 0 saturated heterocycles. The molecule has 0 aromatic heterocycles. The van der Waals surface area contributed by atoms with Gasteiger partial charge in [-0.2, -0.15) is 0 Å². The summed E-state index contributed by atoms with van der Waals surface area (Å²) in [4.78, 5) is 14.5. The lowest BCUT2D eigenvalue weighted by Gasteiger charge is -2.28. The van der Waals surface area contributed by atoms with Crippen LogP contribution in [0.1, 0.15) is 18.9 Å². The second-order valence-electron chi connectivity index (χ2n) is 6.55. The summed E-state index contributed by atoms with van der Waals surface area (Å²) in [5.41, 5.74) is 3.42. The number of carboxylic acids is 1. The van der Waals surface area contributed by atoms with E-state index in [1.807, 2.05) is 17.8 Å². The third kappa shape index (κ3) is 4.93. The zero-order chi connectivity index (χ0) is 19.2. The van der Waals surface area contributed by atoms with Crippen molar-refractivity contribution in [2.24, 2.45) is 5.92 Å². The molecule has 1 aliphatic heterocycles. The minimum absolute atomic E-state index is 0.0986. The number of nitrogens with zero attached hydrogens (tertiary/aromatic N) is 1. The van der Waals surface area contributed by atoms with Crippen LogP contribution in [0.2, 0.25) is 0 Å². The zero-order valence-electron chi connectivity index (χ0n) is 15.7. The highest BCUT2D eigenvalue weighted by atomic mass is 32.2. The highest BCUT2D eigenvalue weighted by molar-refractivity contribution is 7.99. The Hall–Kier alpha value is -1.79. The van der Waals surface area contributed by atoms with Gasteiger partial charge in [0.05, 0.1) is 18.6 Å². The average Bonchev–Trinajstić information content (AvgIpc) is 2.86. The first kappa shape index (κ1) is 20.0. The van der Waals surface area contributed by atoms with Gasteiger partial charge in [0.15, 0.2) is 0 Å². The van der Waals surface area contributed by atoms with E-state index in [-0.39, 0.29) is 5.75 Å². The Morgan fingerprint density at radius 2 is 2.11 bits per heavy atom. The fraction of sp³-hybridized carbons (Fsp3) is 0.381. The normalized spacial score (nSPS) is 16.5. The molecule has 1 atom stereocenters. The van der Waals surface area contributed by atoms with Gasteiger partial charge in [0.25, 0.3) is 0 Å². The summed E-state index contributed by atoms with van der Waals surface area (Å²) in [6, 6.07) is 14.8. The van der Waals surface area contributed by atoms with Crippen molar-refractivity contribution in [3.8, 4) is 5.75 Å². The summed E-state index contributed by atoms with van der Waals surface area (Å²) in [6.07, 6.45) is 1.14. The molecule has 6 heteroatoms. The van der Waals surface area contributed by atoms with Crippen molar-refractivity contribution in [1.82, 2.24) is 0 Å². The van der Waals surface area contributed by atoms with Crippen molar-refractivity contribution < 1.29 is 14.6 Å². The third-order valence-electron chi connectivity index (χ3n) is 4.70. The van der Waals surface area contributed by atoms with Gasteiger partial charge in [-0.3, -0.25) is 4.79 Å². The first-order valence-corrected chi connectivity index (χ1v) is 11.2. The van der Waals surface area contributed by atoms with Crippen LogP contribution in [0.5, 0.6) is 5.75 Å². The van der Waals surface area contributed by atoms with Crippen molar-refractivity contribution in [3.05, 3.63) is 48.0 Å². The lowest BCUT2D eigenvalue weighted by Crippen LogP contribution is -2.24. The lowest BCUT2D eigenvalue weighted by molar-refractivity contribution is -0.133. The predicted molar refractivity (Wildman–Crippen MR) is 115 cm³/mol. The van der Waals surface area contributed by atoms with Crippen molar-refractivity contribution in [2.45, 2.75) is 24.0 Å². The minimum Gasteiger partial charge on any atom is -0.496 e. The van der Waals surface area contributed by atoms with Crippen LogP contribution in [0.25, 0.3) is 0 Å². The summed E-state index contributed by atoms with van der Waals surface area (Å²) in [5, 5.41) is 8.90. The number of thioether (sulfide) groups is 2. The van der Waals surface area contributed by atoms with Crippen molar-refractivity contribution in [1.29, 1.82) is 0 Å². The van der Waals surface area contributed by atoms with Gasteiger partial charge < -0.3 is 14.7 Å². The minimum atomic E-state index is -0.788. The summed E-state index contributed by atoms with van der Waals surface area (Å²) in [6.45, 7) is 3.23. The molecule has 0 amide bonds. The number of rotatable bonds is 7. The molecular formula is C21H25NO3S2. The quantitative estimate of drug-likeness (QED) is 0.678. The number of hydrogen-bond donors (Lipinski definition) is 1. The number of benzene rings is 2. The zero-order valence-corrected chi connectivity index (χ0v) is 17.3. The van der Waals surface area contributed by atoms with Crippen LogP contribution in [0.3, 0.4) is 0 Å². The van der Waals surface area contributed by atoms with E-state index in [1.165, 1.54) is 28.0 Å². The first-order valence-electron chi connectivity index (χ1n) is 9.08. The second kappa shape index (κ2) is 9.42. The number of methoxy groups -OCH3 is 1. The van der Waals surface area contributed by atoms with Gasteiger partial charge in [-0.25, -0.2) is 0 Å². The number of carbonyl (C=O) groups is 1. The van der Waals surface area contributed by atoms with E-state index in [0.29, 0.717) is 11.7 Å². The molecule has 27 heavy (non-hydrogen) atoms. The van der Waals surface area contributed by atoms with Gasteiger partial charge in [-0.05, 0) is 24.1 Å². The average molecular weight is 404 g/mol. The van der Waals surface area contributed by atoms with Crippen LogP contribution in [-0.4, -0.2) is 36.2 Å². The fourth-order valence-corrected chi connectivity index (χ4v) is 5.21. The van der Waals surface area contributed by atoms with Crippen LogP contribution in [0.15, 0.2) is 47.4 Å². The molecule has 0 fully saturated rings. The van der Waals surface area contributed by atoms with Crippen molar-refractivity contribution >= 4 is 40.9 Å². The molecule has 144 valence electrons. The van der Waals surface area contributed by atoms with E-state index in [9.17, 15) is 4.79 Å². The summed E-state index contributed by atoms with van der Waals surface area (Å²) >= 11 is 3.29. The highest BCUT2D eigenvalue weighted by Gasteiger charge is 2.24. The molecule has 0 bridgehead atoms. The molecule has 2 aromatic carbocycles. The molecule has 1 unspecified atom stereocenters. The smallest absolute Gasteiger partial charge is 0.313 e. The molecule has 0 spiro atoms. The largest absolute Gasteiger partial charge is 0.496 e. The molecule has 1 aliphatic rings. The molecule has 0 saturated carbocycles. The number of fused-ring (bicyclic) bond motifs is 1. The Balaban J connectivity index is 1.98. The maximum Gasteiger partial charge on any atom is 0.313 e. The predicted octanol–water partition coefficient (Wildman–Crippen LogP) is 5.28. The van der Waals surface area contributed by atoms with Crippen molar-refractivity contribution in [3.63, 3.8) is 0 Å². The Morgan fingerprint density at radius 1 is 1.33 bits per heavy atom. The molecular weight excluding hydrogens is 378 g/mol. The van der Waals surface area contributed by atoms with E-state index < -0.39 is 5.97 Å². The van der Waals surface area contributed by atoms with E-state index in [2.05, 4.69) is 48.2 Å². The molecule has 3 rings (SSSR count). The van der Waals surface area contributed by atoms with Crippen molar-refractivity contribution in [2.75, 3.05) is 30.1 Å². The molecule has 4 nitrogen and oxygen atoms in total. The molecule has 2 aromatic rings. The summed E-state index contributed by atoms with van der Waals surface area (Å²) in [5.74, 6) is 2.46. The van der Waals surface area contributed by atoms with E-state index in [0.717, 1.165) is 30.0 Å². The van der Waals surface area contributed by atoms with Crippen LogP contribution >= 0.6 is 23.5 Å². The summed E-state index contributed by atoms with van der Waals surface area (Å²) < 4.78 is 5.65. The van der Waals surface area contributed by atoms with Crippen LogP contribution in [0, 0.1) is 5.92 Å². The number of para-hydroxylation sites is 1. The maximum absolute atomic E-state index is 10.8. The van der Waals surface area contributed by atoms with Gasteiger partial charge in [-0.15, -0.1) is 23.5 Å². The van der Waals surface area contributed by atoms with Gasteiger partial charge in [0, 0.05) is 40.3 Å². The number of hydrogen-bond acceptors (Lipinski definition) is 5. The van der Waals surface area contributed by atoms with Crippen LogP contribution < -0.4 is 9.64 Å².